The van der Waals surface area contributed by atoms with Gasteiger partial charge in [-0.3, -0.25) is 14.4 Å². The summed E-state index contributed by atoms with van der Waals surface area (Å²) in [7, 11) is 0. The molecule has 2 amide bonds. The second-order valence-electron chi connectivity index (χ2n) is 4.81. The van der Waals surface area contributed by atoms with Crippen LogP contribution in [0.25, 0.3) is 0 Å². The van der Waals surface area contributed by atoms with E-state index >= 15 is 0 Å². The van der Waals surface area contributed by atoms with Crippen LogP contribution in [-0.4, -0.2) is 46.9 Å². The molecule has 0 aromatic heterocycles. The SMILES string of the molecule is CC(=O)N1CCCC(C(=O)NC(C)CC(=O)O)C1. The van der Waals surface area contributed by atoms with Crippen molar-refractivity contribution in [2.24, 2.45) is 5.92 Å². The Bertz CT molecular complexity index is 343. The number of amides is 2. The summed E-state index contributed by atoms with van der Waals surface area (Å²) < 4.78 is 0. The van der Waals surface area contributed by atoms with Gasteiger partial charge >= 0.3 is 5.97 Å². The summed E-state index contributed by atoms with van der Waals surface area (Å²) in [5, 5.41) is 11.3. The number of rotatable bonds is 4. The Morgan fingerprint density at radius 1 is 1.44 bits per heavy atom. The van der Waals surface area contributed by atoms with Crippen molar-refractivity contribution in [3.8, 4) is 0 Å². The Balaban J connectivity index is 2.46. The molecular formula is C12H20N2O4. The van der Waals surface area contributed by atoms with E-state index in [2.05, 4.69) is 5.32 Å². The van der Waals surface area contributed by atoms with Gasteiger partial charge in [0.25, 0.3) is 0 Å². The monoisotopic (exact) mass is 256 g/mol. The third kappa shape index (κ3) is 4.35. The van der Waals surface area contributed by atoms with Crippen molar-refractivity contribution in [1.82, 2.24) is 10.2 Å². The van der Waals surface area contributed by atoms with Crippen LogP contribution in [0, 0.1) is 5.92 Å². The molecule has 0 bridgehead atoms. The van der Waals surface area contributed by atoms with E-state index in [4.69, 9.17) is 5.11 Å². The van der Waals surface area contributed by atoms with Gasteiger partial charge in [0.1, 0.15) is 0 Å². The molecule has 18 heavy (non-hydrogen) atoms. The molecule has 102 valence electrons. The fourth-order valence-electron chi connectivity index (χ4n) is 2.15. The maximum Gasteiger partial charge on any atom is 0.305 e. The second-order valence-corrected chi connectivity index (χ2v) is 4.81. The molecule has 0 spiro atoms. The highest BCUT2D eigenvalue weighted by Gasteiger charge is 2.27. The first-order chi connectivity index (χ1) is 8.40. The minimum Gasteiger partial charge on any atom is -0.481 e. The number of aliphatic carboxylic acids is 1. The van der Waals surface area contributed by atoms with E-state index in [1.54, 1.807) is 11.8 Å². The van der Waals surface area contributed by atoms with Crippen LogP contribution >= 0.6 is 0 Å². The Hall–Kier alpha value is -1.59. The summed E-state index contributed by atoms with van der Waals surface area (Å²) in [5.74, 6) is -1.34. The van der Waals surface area contributed by atoms with Crippen molar-refractivity contribution in [2.45, 2.75) is 39.2 Å². The molecule has 0 aromatic carbocycles. The van der Waals surface area contributed by atoms with Crippen molar-refractivity contribution in [3.05, 3.63) is 0 Å². The molecule has 0 aliphatic carbocycles. The molecule has 6 heteroatoms. The van der Waals surface area contributed by atoms with Gasteiger partial charge in [-0.1, -0.05) is 0 Å². The first-order valence-corrected chi connectivity index (χ1v) is 6.18. The molecule has 6 nitrogen and oxygen atoms in total. The number of hydrogen-bond donors (Lipinski definition) is 2. The third-order valence-corrected chi connectivity index (χ3v) is 3.11. The van der Waals surface area contributed by atoms with E-state index in [0.29, 0.717) is 13.1 Å². The number of piperidine rings is 1. The predicted octanol–water partition coefficient (Wildman–Crippen LogP) is 0.224. The normalized spacial score (nSPS) is 21.2. The number of carbonyl (C=O) groups excluding carboxylic acids is 2. The molecule has 1 aliphatic heterocycles. The number of nitrogens with zero attached hydrogens (tertiary/aromatic N) is 1. The van der Waals surface area contributed by atoms with Crippen LogP contribution in [0.2, 0.25) is 0 Å². The van der Waals surface area contributed by atoms with E-state index < -0.39 is 5.97 Å². The van der Waals surface area contributed by atoms with Gasteiger partial charge in [0.2, 0.25) is 11.8 Å². The van der Waals surface area contributed by atoms with Crippen LogP contribution in [0.3, 0.4) is 0 Å². The standard InChI is InChI=1S/C12H20N2O4/c1-8(6-11(16)17)13-12(18)10-4-3-5-14(7-10)9(2)15/h8,10H,3-7H2,1-2H3,(H,13,18)(H,16,17). The number of nitrogens with one attached hydrogen (secondary N) is 1. The number of hydrogen-bond acceptors (Lipinski definition) is 3. The number of carboxylic acid groups (broad SMARTS) is 1. The van der Waals surface area contributed by atoms with Crippen LogP contribution in [0.15, 0.2) is 0 Å². The smallest absolute Gasteiger partial charge is 0.305 e. The summed E-state index contributed by atoms with van der Waals surface area (Å²) in [6.07, 6.45) is 1.47. The van der Waals surface area contributed by atoms with Gasteiger partial charge in [-0.05, 0) is 19.8 Å². The lowest BCUT2D eigenvalue weighted by Crippen LogP contribution is -2.46. The van der Waals surface area contributed by atoms with E-state index in [1.165, 1.54) is 6.92 Å². The number of likely N-dealkylation sites (tertiary alicyclic amines) is 1. The predicted molar refractivity (Wildman–Crippen MR) is 64.8 cm³/mol. The molecule has 1 aliphatic rings. The average molecular weight is 256 g/mol. The molecule has 0 radical (unpaired) electrons. The van der Waals surface area contributed by atoms with Crippen LogP contribution in [0.4, 0.5) is 0 Å². The van der Waals surface area contributed by atoms with Crippen molar-refractivity contribution >= 4 is 17.8 Å². The Kier molecular flexibility index (Phi) is 5.12. The molecular weight excluding hydrogens is 236 g/mol. The van der Waals surface area contributed by atoms with Gasteiger partial charge in [0.05, 0.1) is 12.3 Å². The molecule has 1 saturated heterocycles. The minimum atomic E-state index is -0.934. The van der Waals surface area contributed by atoms with Gasteiger partial charge in [-0.2, -0.15) is 0 Å². The lowest BCUT2D eigenvalue weighted by atomic mass is 9.96. The Labute approximate surface area is 106 Å². The van der Waals surface area contributed by atoms with Crippen LogP contribution in [-0.2, 0) is 14.4 Å². The van der Waals surface area contributed by atoms with Crippen molar-refractivity contribution < 1.29 is 19.5 Å². The highest BCUT2D eigenvalue weighted by Crippen LogP contribution is 2.17. The van der Waals surface area contributed by atoms with E-state index in [1.807, 2.05) is 0 Å². The van der Waals surface area contributed by atoms with Crippen molar-refractivity contribution in [3.63, 3.8) is 0 Å². The van der Waals surface area contributed by atoms with Gasteiger partial charge in [-0.25, -0.2) is 0 Å². The molecule has 2 unspecified atom stereocenters. The fraction of sp³-hybridized carbons (Fsp3) is 0.750. The fourth-order valence-corrected chi connectivity index (χ4v) is 2.15. The molecule has 0 aromatic rings. The van der Waals surface area contributed by atoms with E-state index in [9.17, 15) is 14.4 Å². The number of carboxylic acids is 1. The van der Waals surface area contributed by atoms with Gasteiger partial charge < -0.3 is 15.3 Å². The minimum absolute atomic E-state index is 0.0221. The molecule has 1 heterocycles. The Morgan fingerprint density at radius 2 is 2.11 bits per heavy atom. The average Bonchev–Trinajstić information content (AvgIpc) is 2.27. The topological polar surface area (TPSA) is 86.7 Å². The van der Waals surface area contributed by atoms with Crippen molar-refractivity contribution in [1.29, 1.82) is 0 Å². The van der Waals surface area contributed by atoms with Crippen LogP contribution < -0.4 is 5.32 Å². The zero-order chi connectivity index (χ0) is 13.7. The molecule has 1 rings (SSSR count). The highest BCUT2D eigenvalue weighted by atomic mass is 16.4. The van der Waals surface area contributed by atoms with E-state index in [-0.39, 0.29) is 30.2 Å². The molecule has 0 saturated carbocycles. The van der Waals surface area contributed by atoms with Gasteiger partial charge in [0, 0.05) is 26.1 Å². The Morgan fingerprint density at radius 3 is 2.67 bits per heavy atom. The first kappa shape index (κ1) is 14.5. The lowest BCUT2D eigenvalue weighted by Gasteiger charge is -2.31. The summed E-state index contributed by atoms with van der Waals surface area (Å²) >= 11 is 0. The first-order valence-electron chi connectivity index (χ1n) is 6.18. The van der Waals surface area contributed by atoms with Gasteiger partial charge in [-0.15, -0.1) is 0 Å². The van der Waals surface area contributed by atoms with Crippen LogP contribution in [0.5, 0.6) is 0 Å². The summed E-state index contributed by atoms with van der Waals surface area (Å²) in [6.45, 7) is 4.29. The highest BCUT2D eigenvalue weighted by molar-refractivity contribution is 5.81. The zero-order valence-corrected chi connectivity index (χ0v) is 10.8. The number of carbonyl (C=O) groups is 3. The summed E-state index contributed by atoms with van der Waals surface area (Å²) in [5.41, 5.74) is 0. The van der Waals surface area contributed by atoms with Gasteiger partial charge in [0.15, 0.2) is 0 Å². The van der Waals surface area contributed by atoms with E-state index in [0.717, 1.165) is 12.8 Å². The second kappa shape index (κ2) is 6.37. The summed E-state index contributed by atoms with van der Waals surface area (Å²) in [6, 6.07) is -0.386. The maximum atomic E-state index is 11.9. The molecule has 1 fully saturated rings. The third-order valence-electron chi connectivity index (χ3n) is 3.11. The zero-order valence-electron chi connectivity index (χ0n) is 10.8. The largest absolute Gasteiger partial charge is 0.481 e. The quantitative estimate of drug-likeness (QED) is 0.753. The lowest BCUT2D eigenvalue weighted by molar-refractivity contribution is -0.137. The molecule has 2 atom stereocenters. The maximum absolute atomic E-state index is 11.9. The van der Waals surface area contributed by atoms with Crippen molar-refractivity contribution in [2.75, 3.05) is 13.1 Å². The summed E-state index contributed by atoms with van der Waals surface area (Å²) in [4.78, 5) is 35.3. The van der Waals surface area contributed by atoms with Crippen LogP contribution in [0.1, 0.15) is 33.1 Å². The molecule has 2 N–H and O–H groups in total.